The van der Waals surface area contributed by atoms with E-state index in [1.54, 1.807) is 13.3 Å². The first-order chi connectivity index (χ1) is 9.61. The van der Waals surface area contributed by atoms with Gasteiger partial charge in [0.05, 0.1) is 12.9 Å². The van der Waals surface area contributed by atoms with Gasteiger partial charge in [-0.2, -0.15) is 9.97 Å². The Bertz CT molecular complexity index is 613. The van der Waals surface area contributed by atoms with E-state index in [0.29, 0.717) is 30.7 Å². The SMILES string of the molecule is CCOC(=O)CCCCn1cnc2c(Cl)nc(N)nc21. The topological polar surface area (TPSA) is 95.9 Å². The summed E-state index contributed by atoms with van der Waals surface area (Å²) in [7, 11) is 0. The quantitative estimate of drug-likeness (QED) is 0.496. The highest BCUT2D eigenvalue weighted by Gasteiger charge is 2.10. The minimum Gasteiger partial charge on any atom is -0.466 e. The second-order valence-electron chi connectivity index (χ2n) is 4.24. The number of anilines is 1. The average Bonchev–Trinajstić information content (AvgIpc) is 2.78. The van der Waals surface area contributed by atoms with Crippen molar-refractivity contribution in [2.45, 2.75) is 32.7 Å². The summed E-state index contributed by atoms with van der Waals surface area (Å²) in [5.74, 6) is -0.0478. The van der Waals surface area contributed by atoms with Crippen LogP contribution in [-0.2, 0) is 16.1 Å². The number of imidazole rings is 1. The molecule has 7 nitrogen and oxygen atoms in total. The zero-order valence-corrected chi connectivity index (χ0v) is 11.9. The smallest absolute Gasteiger partial charge is 0.305 e. The molecule has 0 unspecified atom stereocenters. The number of carbonyl (C=O) groups excluding carboxylic acids is 1. The molecule has 2 N–H and O–H groups in total. The summed E-state index contributed by atoms with van der Waals surface area (Å²) in [5.41, 5.74) is 6.72. The number of nitrogens with zero attached hydrogens (tertiary/aromatic N) is 4. The van der Waals surface area contributed by atoms with E-state index in [0.717, 1.165) is 12.8 Å². The van der Waals surface area contributed by atoms with Gasteiger partial charge in [-0.25, -0.2) is 4.98 Å². The molecule has 108 valence electrons. The third kappa shape index (κ3) is 3.36. The molecule has 2 heterocycles. The molecule has 0 saturated heterocycles. The summed E-state index contributed by atoms with van der Waals surface area (Å²) in [4.78, 5) is 23.4. The molecule has 0 aliphatic rings. The number of unbranched alkanes of at least 4 members (excludes halogenated alkanes) is 1. The number of hydrogen-bond donors (Lipinski definition) is 1. The van der Waals surface area contributed by atoms with Crippen LogP contribution in [-0.4, -0.2) is 32.1 Å². The number of esters is 1. The first-order valence-electron chi connectivity index (χ1n) is 6.41. The van der Waals surface area contributed by atoms with Crippen LogP contribution in [0.2, 0.25) is 5.15 Å². The van der Waals surface area contributed by atoms with Crippen molar-refractivity contribution < 1.29 is 9.53 Å². The van der Waals surface area contributed by atoms with Crippen molar-refractivity contribution in [3.63, 3.8) is 0 Å². The van der Waals surface area contributed by atoms with E-state index >= 15 is 0 Å². The Morgan fingerprint density at radius 2 is 2.25 bits per heavy atom. The standard InChI is InChI=1S/C12H16ClN5O2/c1-2-20-8(19)5-3-4-6-18-7-15-9-10(13)16-12(14)17-11(9)18/h7H,2-6H2,1H3,(H2,14,16,17). The van der Waals surface area contributed by atoms with Gasteiger partial charge in [0.2, 0.25) is 5.95 Å². The van der Waals surface area contributed by atoms with Crippen molar-refractivity contribution in [1.29, 1.82) is 0 Å². The summed E-state index contributed by atoms with van der Waals surface area (Å²) in [6.07, 6.45) is 3.62. The molecule has 0 radical (unpaired) electrons. The van der Waals surface area contributed by atoms with Gasteiger partial charge in [0.15, 0.2) is 10.8 Å². The maximum Gasteiger partial charge on any atom is 0.305 e. The second kappa shape index (κ2) is 6.51. The molecule has 0 atom stereocenters. The Morgan fingerprint density at radius 3 is 3.00 bits per heavy atom. The van der Waals surface area contributed by atoms with Crippen LogP contribution in [0.1, 0.15) is 26.2 Å². The largest absolute Gasteiger partial charge is 0.466 e. The predicted octanol–water partition coefficient (Wildman–Crippen LogP) is 1.80. The van der Waals surface area contributed by atoms with Gasteiger partial charge in [-0.15, -0.1) is 0 Å². The normalized spacial score (nSPS) is 10.9. The van der Waals surface area contributed by atoms with Crippen LogP contribution in [0.4, 0.5) is 5.95 Å². The van der Waals surface area contributed by atoms with Gasteiger partial charge in [0.25, 0.3) is 0 Å². The molecule has 2 aromatic heterocycles. The Balaban J connectivity index is 1.95. The van der Waals surface area contributed by atoms with E-state index in [-0.39, 0.29) is 17.1 Å². The summed E-state index contributed by atoms with van der Waals surface area (Å²) < 4.78 is 6.72. The maximum absolute atomic E-state index is 11.2. The van der Waals surface area contributed by atoms with Crippen molar-refractivity contribution in [1.82, 2.24) is 19.5 Å². The van der Waals surface area contributed by atoms with Crippen LogP contribution in [0.5, 0.6) is 0 Å². The van der Waals surface area contributed by atoms with Crippen LogP contribution < -0.4 is 5.73 Å². The Morgan fingerprint density at radius 1 is 1.45 bits per heavy atom. The lowest BCUT2D eigenvalue weighted by atomic mass is 10.2. The molecular weight excluding hydrogens is 282 g/mol. The predicted molar refractivity (Wildman–Crippen MR) is 75.2 cm³/mol. The number of fused-ring (bicyclic) bond motifs is 1. The van der Waals surface area contributed by atoms with Gasteiger partial charge >= 0.3 is 5.97 Å². The van der Waals surface area contributed by atoms with Crippen molar-refractivity contribution in [3.8, 4) is 0 Å². The third-order valence-electron chi connectivity index (χ3n) is 2.77. The highest BCUT2D eigenvalue weighted by atomic mass is 35.5. The summed E-state index contributed by atoms with van der Waals surface area (Å²) in [6, 6.07) is 0. The van der Waals surface area contributed by atoms with E-state index in [4.69, 9.17) is 22.1 Å². The van der Waals surface area contributed by atoms with Crippen LogP contribution in [0, 0.1) is 0 Å². The van der Waals surface area contributed by atoms with E-state index < -0.39 is 0 Å². The molecule has 2 aromatic rings. The number of hydrogen-bond acceptors (Lipinski definition) is 6. The van der Waals surface area contributed by atoms with Crippen LogP contribution in [0.3, 0.4) is 0 Å². The van der Waals surface area contributed by atoms with Crippen molar-refractivity contribution >= 4 is 34.7 Å². The highest BCUT2D eigenvalue weighted by Crippen LogP contribution is 2.19. The molecule has 0 saturated carbocycles. The van der Waals surface area contributed by atoms with Crippen LogP contribution in [0.15, 0.2) is 6.33 Å². The molecular formula is C12H16ClN5O2. The highest BCUT2D eigenvalue weighted by molar-refractivity contribution is 6.33. The zero-order valence-electron chi connectivity index (χ0n) is 11.2. The number of aryl methyl sites for hydroxylation is 1. The van der Waals surface area contributed by atoms with Gasteiger partial charge in [0.1, 0.15) is 5.52 Å². The number of aromatic nitrogens is 4. The third-order valence-corrected chi connectivity index (χ3v) is 3.04. The Kier molecular flexibility index (Phi) is 4.73. The lowest BCUT2D eigenvalue weighted by Gasteiger charge is -2.04. The Labute approximate surface area is 121 Å². The maximum atomic E-state index is 11.2. The molecule has 20 heavy (non-hydrogen) atoms. The minimum atomic E-state index is -0.169. The van der Waals surface area contributed by atoms with E-state index in [1.165, 1.54) is 0 Å². The fourth-order valence-corrected chi connectivity index (χ4v) is 2.09. The van der Waals surface area contributed by atoms with Crippen LogP contribution >= 0.6 is 11.6 Å². The zero-order chi connectivity index (χ0) is 14.5. The Hall–Kier alpha value is -1.89. The van der Waals surface area contributed by atoms with Crippen molar-refractivity contribution in [3.05, 3.63) is 11.5 Å². The number of carbonyl (C=O) groups is 1. The number of nitrogens with two attached hydrogens (primary N) is 1. The first-order valence-corrected chi connectivity index (χ1v) is 6.79. The van der Waals surface area contributed by atoms with Gasteiger partial charge in [0, 0.05) is 13.0 Å². The molecule has 2 rings (SSSR count). The summed E-state index contributed by atoms with van der Waals surface area (Å²) >= 11 is 5.95. The summed E-state index contributed by atoms with van der Waals surface area (Å²) in [6.45, 7) is 2.89. The fraction of sp³-hybridized carbons (Fsp3) is 0.500. The number of rotatable bonds is 6. The molecule has 8 heteroatoms. The van der Waals surface area contributed by atoms with E-state index in [2.05, 4.69) is 15.0 Å². The van der Waals surface area contributed by atoms with Gasteiger partial charge in [-0.3, -0.25) is 4.79 Å². The van der Waals surface area contributed by atoms with Gasteiger partial charge < -0.3 is 15.0 Å². The monoisotopic (exact) mass is 297 g/mol. The van der Waals surface area contributed by atoms with Gasteiger partial charge in [-0.1, -0.05) is 11.6 Å². The fourth-order valence-electron chi connectivity index (χ4n) is 1.87. The number of halogens is 1. The van der Waals surface area contributed by atoms with E-state index in [1.807, 2.05) is 4.57 Å². The van der Waals surface area contributed by atoms with E-state index in [9.17, 15) is 4.79 Å². The summed E-state index contributed by atoms with van der Waals surface area (Å²) in [5, 5.41) is 0.248. The second-order valence-corrected chi connectivity index (χ2v) is 4.60. The van der Waals surface area contributed by atoms with Gasteiger partial charge in [-0.05, 0) is 19.8 Å². The molecule has 0 fully saturated rings. The molecule has 0 aliphatic carbocycles. The molecule has 0 aromatic carbocycles. The lowest BCUT2D eigenvalue weighted by Crippen LogP contribution is -2.05. The molecule has 0 amide bonds. The first kappa shape index (κ1) is 14.5. The average molecular weight is 298 g/mol. The molecule has 0 aliphatic heterocycles. The molecule has 0 bridgehead atoms. The van der Waals surface area contributed by atoms with Crippen molar-refractivity contribution in [2.24, 2.45) is 0 Å². The van der Waals surface area contributed by atoms with Crippen LogP contribution in [0.25, 0.3) is 11.2 Å². The van der Waals surface area contributed by atoms with Crippen molar-refractivity contribution in [2.75, 3.05) is 12.3 Å². The number of nitrogen functional groups attached to an aromatic ring is 1. The molecule has 0 spiro atoms. The number of ether oxygens (including phenoxy) is 1. The minimum absolute atomic E-state index is 0.121. The lowest BCUT2D eigenvalue weighted by molar-refractivity contribution is -0.143.